The molecule has 2 aliphatic rings. The van der Waals surface area contributed by atoms with Gasteiger partial charge in [0.2, 0.25) is 0 Å². The standard InChI is InChI=1S/C38H20N2/c1-5-13-25-21(9-1)23-11-3-7-15-27(23)31-19-35-33(17-29(25)31)37-38(39-35)34-18-30-26-14-6-2-10-22(26)24-12-4-8-16-28(24)32(30)20-36(34)40-37/h1-20H. The Labute approximate surface area is 229 Å². The van der Waals surface area contributed by atoms with Crippen molar-refractivity contribution in [3.05, 3.63) is 132 Å². The van der Waals surface area contributed by atoms with Crippen LogP contribution in [0.15, 0.2) is 131 Å². The van der Waals surface area contributed by atoms with E-state index in [1.54, 1.807) is 0 Å². The maximum Gasteiger partial charge on any atom is 0.0995 e. The van der Waals surface area contributed by atoms with Gasteiger partial charge >= 0.3 is 0 Å². The van der Waals surface area contributed by atoms with Gasteiger partial charge in [-0.1, -0.05) is 97.1 Å². The lowest BCUT2D eigenvalue weighted by Crippen LogP contribution is -2.07. The van der Waals surface area contributed by atoms with E-state index in [1.807, 2.05) is 0 Å². The first-order chi connectivity index (χ1) is 19.8. The number of fused-ring (bicyclic) bond motifs is 17. The van der Waals surface area contributed by atoms with Crippen LogP contribution in [0.25, 0.3) is 64.6 Å². The normalized spacial score (nSPS) is 13.8. The van der Waals surface area contributed by atoms with E-state index in [1.165, 1.54) is 64.6 Å². The maximum absolute atomic E-state index is 5.23. The van der Waals surface area contributed by atoms with Crippen LogP contribution >= 0.6 is 0 Å². The summed E-state index contributed by atoms with van der Waals surface area (Å²) in [7, 11) is 0. The zero-order valence-corrected chi connectivity index (χ0v) is 21.4. The summed E-state index contributed by atoms with van der Waals surface area (Å²) >= 11 is 0. The fraction of sp³-hybridized carbons (Fsp3) is 0. The molecule has 0 aliphatic carbocycles. The van der Waals surface area contributed by atoms with Crippen LogP contribution in [0.5, 0.6) is 0 Å². The van der Waals surface area contributed by atoms with Crippen molar-refractivity contribution in [2.24, 2.45) is 9.98 Å². The topological polar surface area (TPSA) is 24.7 Å². The van der Waals surface area contributed by atoms with Crippen LogP contribution in [0.4, 0.5) is 11.4 Å². The Morgan fingerprint density at radius 1 is 0.275 bits per heavy atom. The first-order valence-corrected chi connectivity index (χ1v) is 13.8. The Morgan fingerprint density at radius 3 is 0.825 bits per heavy atom. The molecule has 0 N–H and O–H groups in total. The molecule has 0 spiro atoms. The van der Waals surface area contributed by atoms with E-state index in [-0.39, 0.29) is 0 Å². The van der Waals surface area contributed by atoms with E-state index in [9.17, 15) is 0 Å². The Hall–Kier alpha value is -5.34. The number of rotatable bonds is 0. The molecule has 2 heterocycles. The van der Waals surface area contributed by atoms with Crippen molar-refractivity contribution in [1.82, 2.24) is 0 Å². The van der Waals surface area contributed by atoms with E-state index in [0.29, 0.717) is 0 Å². The van der Waals surface area contributed by atoms with Crippen LogP contribution in [-0.4, -0.2) is 11.4 Å². The lowest BCUT2D eigenvalue weighted by Gasteiger charge is -2.12. The van der Waals surface area contributed by atoms with E-state index >= 15 is 0 Å². The second-order valence-corrected chi connectivity index (χ2v) is 10.9. The summed E-state index contributed by atoms with van der Waals surface area (Å²) in [6.45, 7) is 0. The molecule has 182 valence electrons. The van der Waals surface area contributed by atoms with Crippen molar-refractivity contribution >= 4 is 87.4 Å². The second kappa shape index (κ2) is 7.19. The van der Waals surface area contributed by atoms with Crippen LogP contribution in [-0.2, 0) is 0 Å². The lowest BCUT2D eigenvalue weighted by molar-refractivity contribution is 1.52. The smallest absolute Gasteiger partial charge is 0.0995 e. The molecule has 2 heteroatoms. The molecule has 2 aliphatic heterocycles. The number of hydrogen-bond donors (Lipinski definition) is 0. The quantitative estimate of drug-likeness (QED) is 0.184. The van der Waals surface area contributed by atoms with Crippen molar-refractivity contribution in [2.75, 3.05) is 0 Å². The molecule has 0 radical (unpaired) electrons. The summed E-state index contributed by atoms with van der Waals surface area (Å²) in [5.41, 5.74) is 6.25. The highest BCUT2D eigenvalue weighted by Crippen LogP contribution is 2.46. The highest BCUT2D eigenvalue weighted by atomic mass is 14.9. The summed E-state index contributed by atoms with van der Waals surface area (Å²) in [5, 5.41) is 15.2. The van der Waals surface area contributed by atoms with Gasteiger partial charge in [-0.15, -0.1) is 0 Å². The number of benzene rings is 8. The predicted molar refractivity (Wildman–Crippen MR) is 170 cm³/mol. The minimum Gasteiger partial charge on any atom is -0.245 e. The summed E-state index contributed by atoms with van der Waals surface area (Å²) < 4.78 is 0. The van der Waals surface area contributed by atoms with Crippen LogP contribution in [0.3, 0.4) is 0 Å². The molecule has 40 heavy (non-hydrogen) atoms. The Bertz CT molecular complexity index is 2350. The third-order valence-electron chi connectivity index (χ3n) is 8.92. The lowest BCUT2D eigenvalue weighted by atomic mass is 9.91. The van der Waals surface area contributed by atoms with Crippen molar-refractivity contribution in [3.8, 4) is 0 Å². The molecule has 0 atom stereocenters. The van der Waals surface area contributed by atoms with Crippen LogP contribution in [0.1, 0.15) is 11.1 Å². The summed E-state index contributed by atoms with van der Waals surface area (Å²) in [6, 6.07) is 44.1. The highest BCUT2D eigenvalue weighted by Gasteiger charge is 2.32. The molecule has 0 unspecified atom stereocenters. The van der Waals surface area contributed by atoms with Crippen molar-refractivity contribution in [1.29, 1.82) is 0 Å². The zero-order chi connectivity index (χ0) is 25.9. The molecular formula is C38H20N2. The molecule has 10 rings (SSSR count). The molecule has 0 fully saturated rings. The molecule has 8 aromatic carbocycles. The zero-order valence-electron chi connectivity index (χ0n) is 21.4. The van der Waals surface area contributed by atoms with E-state index < -0.39 is 0 Å². The highest BCUT2D eigenvalue weighted by molar-refractivity contribution is 6.60. The van der Waals surface area contributed by atoms with Gasteiger partial charge in [-0.2, -0.15) is 0 Å². The third-order valence-corrected chi connectivity index (χ3v) is 8.92. The Balaban J connectivity index is 1.28. The second-order valence-electron chi connectivity index (χ2n) is 10.9. The van der Waals surface area contributed by atoms with E-state index in [0.717, 1.165) is 33.9 Å². The predicted octanol–water partition coefficient (Wildman–Crippen LogP) is 10.2. The molecule has 0 amide bonds. The van der Waals surface area contributed by atoms with E-state index in [4.69, 9.17) is 9.98 Å². The molecule has 0 saturated carbocycles. The van der Waals surface area contributed by atoms with Gasteiger partial charge in [0, 0.05) is 11.1 Å². The minimum absolute atomic E-state index is 0.994. The minimum atomic E-state index is 0.994. The maximum atomic E-state index is 5.23. The average Bonchev–Trinajstić information content (AvgIpc) is 3.55. The van der Waals surface area contributed by atoms with Gasteiger partial charge in [0.15, 0.2) is 0 Å². The van der Waals surface area contributed by atoms with Gasteiger partial charge in [-0.05, 0) is 88.9 Å². The van der Waals surface area contributed by atoms with E-state index in [2.05, 4.69) is 121 Å². The number of aliphatic imine (C=N–C) groups is 2. The van der Waals surface area contributed by atoms with Crippen molar-refractivity contribution in [3.63, 3.8) is 0 Å². The summed E-state index contributed by atoms with van der Waals surface area (Å²) in [4.78, 5) is 10.5. The Morgan fingerprint density at radius 2 is 0.525 bits per heavy atom. The fourth-order valence-corrected chi connectivity index (χ4v) is 7.17. The molecular weight excluding hydrogens is 484 g/mol. The monoisotopic (exact) mass is 504 g/mol. The van der Waals surface area contributed by atoms with Gasteiger partial charge in [0.25, 0.3) is 0 Å². The van der Waals surface area contributed by atoms with Gasteiger partial charge < -0.3 is 0 Å². The molecule has 2 nitrogen and oxygen atoms in total. The average molecular weight is 505 g/mol. The number of nitrogens with zero attached hydrogens (tertiary/aromatic N) is 2. The first kappa shape index (κ1) is 20.6. The van der Waals surface area contributed by atoms with Crippen molar-refractivity contribution < 1.29 is 0 Å². The summed E-state index contributed by atoms with van der Waals surface area (Å²) in [5.74, 6) is 0. The molecule has 0 aromatic heterocycles. The largest absolute Gasteiger partial charge is 0.245 e. The van der Waals surface area contributed by atoms with Crippen LogP contribution in [0.2, 0.25) is 0 Å². The molecule has 0 bridgehead atoms. The SMILES string of the molecule is c1ccc2c(c1)c1ccccc1c1cc3c(cc21)N=C1C3=Nc2cc3c4ccccc4c4ccccc4c3cc21. The van der Waals surface area contributed by atoms with Gasteiger partial charge in [-0.25, -0.2) is 9.98 Å². The van der Waals surface area contributed by atoms with Crippen molar-refractivity contribution in [2.45, 2.75) is 0 Å². The van der Waals surface area contributed by atoms with Gasteiger partial charge in [0.05, 0.1) is 22.8 Å². The first-order valence-electron chi connectivity index (χ1n) is 13.8. The Kier molecular flexibility index (Phi) is 3.70. The molecule has 0 saturated heterocycles. The third kappa shape index (κ3) is 2.49. The molecule has 8 aromatic rings. The summed E-state index contributed by atoms with van der Waals surface area (Å²) in [6.07, 6.45) is 0. The number of hydrogen-bond acceptors (Lipinski definition) is 2. The fourth-order valence-electron chi connectivity index (χ4n) is 7.17. The van der Waals surface area contributed by atoms with Crippen LogP contribution in [0, 0.1) is 0 Å². The van der Waals surface area contributed by atoms with Crippen LogP contribution < -0.4 is 0 Å². The van der Waals surface area contributed by atoms with Gasteiger partial charge in [0.1, 0.15) is 0 Å². The van der Waals surface area contributed by atoms with Gasteiger partial charge in [-0.3, -0.25) is 0 Å².